The second-order valence-electron chi connectivity index (χ2n) is 11.0. The topological polar surface area (TPSA) is 98.0 Å². The molecule has 0 amide bonds. The van der Waals surface area contributed by atoms with Crippen LogP contribution in [0, 0.1) is 28.6 Å². The lowest BCUT2D eigenvalue weighted by molar-refractivity contribution is -0.229. The fourth-order valence-electron chi connectivity index (χ4n) is 7.89. The molecule has 3 fully saturated rings. The number of fused-ring (bicyclic) bond motifs is 5. The predicted molar refractivity (Wildman–Crippen MR) is 118 cm³/mol. The Hall–Kier alpha value is -0.830. The van der Waals surface area contributed by atoms with Crippen LogP contribution in [-0.4, -0.2) is 56.0 Å². The first kappa shape index (κ1) is 24.3. The van der Waals surface area contributed by atoms with E-state index in [4.69, 9.17) is 5.11 Å². The lowest BCUT2D eigenvalue weighted by Crippen LogP contribution is -2.69. The van der Waals surface area contributed by atoms with Gasteiger partial charge in [-0.1, -0.05) is 41.9 Å². The van der Waals surface area contributed by atoms with Crippen molar-refractivity contribution in [2.45, 2.75) is 88.9 Å². The minimum absolute atomic E-state index is 0.0451. The fourth-order valence-corrected chi connectivity index (χ4v) is 8.51. The van der Waals surface area contributed by atoms with Gasteiger partial charge in [-0.25, -0.2) is 8.78 Å². The maximum atomic E-state index is 17.2. The number of halogens is 3. The zero-order chi connectivity index (χ0) is 23.9. The average molecular weight is 519 g/mol. The maximum Gasteiger partial charge on any atom is 0.305 e. The molecule has 4 aliphatic carbocycles. The number of carboxylic acid groups (broad SMARTS) is 1. The minimum Gasteiger partial charge on any atom is -0.481 e. The van der Waals surface area contributed by atoms with Crippen LogP contribution in [0.2, 0.25) is 0 Å². The predicted octanol–water partition coefficient (Wildman–Crippen LogP) is 4.05. The van der Waals surface area contributed by atoms with Crippen molar-refractivity contribution >= 4 is 21.9 Å². The van der Waals surface area contributed by atoms with E-state index in [1.54, 1.807) is 26.0 Å². The van der Waals surface area contributed by atoms with E-state index in [9.17, 15) is 20.1 Å². The van der Waals surface area contributed by atoms with Gasteiger partial charge in [-0.2, -0.15) is 0 Å². The molecule has 0 aromatic carbocycles. The van der Waals surface area contributed by atoms with Gasteiger partial charge in [-0.15, -0.1) is 0 Å². The lowest BCUT2D eigenvalue weighted by Gasteiger charge is -2.63. The molecule has 32 heavy (non-hydrogen) atoms. The maximum absolute atomic E-state index is 17.2. The SMILES string of the molecule is CC1C[C@H]2[C@@H]3CC(F)C4=CCC(Br)=C[C@]4(C)[C@@]3(F)C(O)C[C@]2(C)[C@@]1(O)CC(O)CC(=O)O. The Balaban J connectivity index is 1.77. The summed E-state index contributed by atoms with van der Waals surface area (Å²) in [7, 11) is 0. The molecule has 10 atom stereocenters. The summed E-state index contributed by atoms with van der Waals surface area (Å²) < 4.78 is 33.4. The molecule has 0 aliphatic heterocycles. The van der Waals surface area contributed by atoms with Crippen LogP contribution in [0.5, 0.6) is 0 Å². The minimum atomic E-state index is -2.10. The Kier molecular flexibility index (Phi) is 5.76. The van der Waals surface area contributed by atoms with Crippen LogP contribution < -0.4 is 0 Å². The average Bonchev–Trinajstić information content (AvgIpc) is 2.84. The normalized spacial score (nSPS) is 51.1. The summed E-state index contributed by atoms with van der Waals surface area (Å²) in [4.78, 5) is 11.1. The summed E-state index contributed by atoms with van der Waals surface area (Å²) in [6.07, 6.45) is -0.529. The highest BCUT2D eigenvalue weighted by Gasteiger charge is 2.75. The van der Waals surface area contributed by atoms with Crippen molar-refractivity contribution in [3.8, 4) is 0 Å². The second kappa shape index (κ2) is 7.59. The van der Waals surface area contributed by atoms with Gasteiger partial charge in [0.05, 0.1) is 24.2 Å². The number of hydrogen-bond acceptors (Lipinski definition) is 4. The Morgan fingerprint density at radius 2 is 1.97 bits per heavy atom. The highest BCUT2D eigenvalue weighted by molar-refractivity contribution is 9.11. The van der Waals surface area contributed by atoms with Gasteiger partial charge < -0.3 is 20.4 Å². The quantitative estimate of drug-likeness (QED) is 0.421. The second-order valence-corrected chi connectivity index (χ2v) is 12.0. The number of hydrogen-bond donors (Lipinski definition) is 4. The van der Waals surface area contributed by atoms with Crippen molar-refractivity contribution < 1.29 is 34.0 Å². The Labute approximate surface area is 195 Å². The highest BCUT2D eigenvalue weighted by atomic mass is 79.9. The molecule has 4 N–H and O–H groups in total. The summed E-state index contributed by atoms with van der Waals surface area (Å²) >= 11 is 3.44. The van der Waals surface area contributed by atoms with E-state index in [-0.39, 0.29) is 25.2 Å². The third-order valence-corrected chi connectivity index (χ3v) is 10.0. The molecule has 0 heterocycles. The summed E-state index contributed by atoms with van der Waals surface area (Å²) in [5, 5.41) is 42.5. The van der Waals surface area contributed by atoms with E-state index in [0.29, 0.717) is 18.4 Å². The van der Waals surface area contributed by atoms with E-state index in [1.807, 2.05) is 6.92 Å². The largest absolute Gasteiger partial charge is 0.481 e. The Bertz CT molecular complexity index is 878. The van der Waals surface area contributed by atoms with Crippen molar-refractivity contribution in [2.75, 3.05) is 0 Å². The van der Waals surface area contributed by atoms with E-state index >= 15 is 8.78 Å². The molecular formula is C24H33BrF2O5. The summed E-state index contributed by atoms with van der Waals surface area (Å²) in [6, 6.07) is 0. The van der Waals surface area contributed by atoms with Crippen LogP contribution in [-0.2, 0) is 4.79 Å². The van der Waals surface area contributed by atoms with Gasteiger partial charge >= 0.3 is 5.97 Å². The monoisotopic (exact) mass is 518 g/mol. The number of aliphatic carboxylic acids is 1. The lowest BCUT2D eigenvalue weighted by atomic mass is 9.44. The number of alkyl halides is 2. The van der Waals surface area contributed by atoms with Crippen LogP contribution in [0.15, 0.2) is 22.2 Å². The van der Waals surface area contributed by atoms with Crippen LogP contribution in [0.3, 0.4) is 0 Å². The van der Waals surface area contributed by atoms with Crippen LogP contribution >= 0.6 is 15.9 Å². The summed E-state index contributed by atoms with van der Waals surface area (Å²) in [5.41, 5.74) is -5.52. The third kappa shape index (κ3) is 3.05. The van der Waals surface area contributed by atoms with Gasteiger partial charge in [0.15, 0.2) is 5.67 Å². The zero-order valence-electron chi connectivity index (χ0n) is 18.7. The molecule has 180 valence electrons. The standard InChI is InChI=1S/C24H33BrF2O5/c1-12-6-16-17-8-18(26)15-5-4-13(25)9-22(15,3)24(17,27)19(29)11-21(16,2)23(12,32)10-14(28)7-20(30)31/h5,9,12,14,16-19,28-29,32H,4,6-8,10-11H2,1-3H3,(H,30,31)/t12?,14?,16-,17-,18?,19?,21-,22-,23+,24-/m0/s1. The highest BCUT2D eigenvalue weighted by Crippen LogP contribution is 2.71. The first-order valence-corrected chi connectivity index (χ1v) is 12.2. The van der Waals surface area contributed by atoms with Crippen molar-refractivity contribution in [1.82, 2.24) is 0 Å². The van der Waals surface area contributed by atoms with Gasteiger partial charge in [0.2, 0.25) is 0 Å². The van der Waals surface area contributed by atoms with Crippen molar-refractivity contribution in [2.24, 2.45) is 28.6 Å². The molecule has 0 saturated heterocycles. The molecule has 3 saturated carbocycles. The number of allylic oxidation sites excluding steroid dienone is 4. The Morgan fingerprint density at radius 3 is 2.59 bits per heavy atom. The molecule has 4 unspecified atom stereocenters. The molecular weight excluding hydrogens is 486 g/mol. The molecule has 0 aromatic heterocycles. The molecule has 5 nitrogen and oxygen atoms in total. The first-order chi connectivity index (χ1) is 14.7. The third-order valence-electron chi connectivity index (χ3n) is 9.47. The zero-order valence-corrected chi connectivity index (χ0v) is 20.3. The first-order valence-electron chi connectivity index (χ1n) is 11.4. The smallest absolute Gasteiger partial charge is 0.305 e. The molecule has 4 aliphatic rings. The molecule has 0 bridgehead atoms. The molecule has 0 radical (unpaired) electrons. The van der Waals surface area contributed by atoms with E-state index in [1.165, 1.54) is 0 Å². The number of carboxylic acids is 1. The molecule has 8 heteroatoms. The molecule has 0 aromatic rings. The number of aliphatic hydroxyl groups excluding tert-OH is 2. The number of aliphatic hydroxyl groups is 3. The van der Waals surface area contributed by atoms with Gasteiger partial charge in [-0.3, -0.25) is 4.79 Å². The van der Waals surface area contributed by atoms with Gasteiger partial charge in [-0.05, 0) is 54.5 Å². The molecule has 0 spiro atoms. The van der Waals surface area contributed by atoms with Crippen LogP contribution in [0.4, 0.5) is 8.78 Å². The van der Waals surface area contributed by atoms with Crippen molar-refractivity contribution in [3.63, 3.8) is 0 Å². The number of rotatable bonds is 4. The van der Waals surface area contributed by atoms with Gasteiger partial charge in [0.25, 0.3) is 0 Å². The van der Waals surface area contributed by atoms with Crippen molar-refractivity contribution in [3.05, 3.63) is 22.2 Å². The van der Waals surface area contributed by atoms with Crippen LogP contribution in [0.25, 0.3) is 0 Å². The van der Waals surface area contributed by atoms with Gasteiger partial charge in [0.1, 0.15) is 6.17 Å². The Morgan fingerprint density at radius 1 is 1.31 bits per heavy atom. The van der Waals surface area contributed by atoms with Crippen molar-refractivity contribution in [1.29, 1.82) is 0 Å². The van der Waals surface area contributed by atoms with Gasteiger partial charge in [0, 0.05) is 23.2 Å². The fraction of sp³-hybridized carbons (Fsp3) is 0.792. The van der Waals surface area contributed by atoms with E-state index in [0.717, 1.165) is 4.48 Å². The number of carbonyl (C=O) groups is 1. The molecule has 4 rings (SSSR count). The summed E-state index contributed by atoms with van der Waals surface area (Å²) in [5.74, 6) is -2.78. The van der Waals surface area contributed by atoms with E-state index in [2.05, 4.69) is 15.9 Å². The van der Waals surface area contributed by atoms with Crippen LogP contribution in [0.1, 0.15) is 59.3 Å². The summed E-state index contributed by atoms with van der Waals surface area (Å²) in [6.45, 7) is 5.25. The van der Waals surface area contributed by atoms with E-state index < -0.39 is 64.7 Å².